The average molecular weight is 564 g/mol. The number of hydrogen-bond donors (Lipinski definition) is 4. The Morgan fingerprint density at radius 1 is 1.21 bits per heavy atom. The Kier molecular flexibility index (Phi) is 9.07. The molecule has 1 aliphatic heterocycles. The summed E-state index contributed by atoms with van der Waals surface area (Å²) in [5, 5.41) is 9.76. The van der Waals surface area contributed by atoms with Gasteiger partial charge in [-0.05, 0) is 78.0 Å². The number of amides is 2. The molecule has 0 spiro atoms. The molecule has 12 heteroatoms. The maximum absolute atomic E-state index is 13.5. The Labute approximate surface area is 228 Å². The lowest BCUT2D eigenvalue weighted by atomic mass is 9.86. The molecule has 1 saturated carbocycles. The van der Waals surface area contributed by atoms with E-state index in [0.29, 0.717) is 11.3 Å². The Morgan fingerprint density at radius 2 is 1.97 bits per heavy atom. The molecule has 1 aromatic carbocycles. The highest BCUT2D eigenvalue weighted by Gasteiger charge is 2.28. The minimum absolute atomic E-state index is 0.0665. The van der Waals surface area contributed by atoms with Crippen molar-refractivity contribution in [2.45, 2.75) is 87.7 Å². The van der Waals surface area contributed by atoms with Crippen LogP contribution in [0.15, 0.2) is 29.3 Å². The van der Waals surface area contributed by atoms with Crippen LogP contribution in [0, 0.1) is 0 Å². The van der Waals surface area contributed by atoms with Crippen LogP contribution in [-0.4, -0.2) is 56.7 Å². The fourth-order valence-corrected chi connectivity index (χ4v) is 7.77. The number of thiazole rings is 1. The first kappa shape index (κ1) is 28.5. The van der Waals surface area contributed by atoms with Gasteiger partial charge < -0.3 is 15.4 Å². The molecule has 0 radical (unpaired) electrons. The SMILES string of the molecule is CC(C)(C)NS(=O)(=O)c1cc(NC(=O)OCC2CCCN2)ccc1-c1cnc([C@H]2CC[C@H](NC=O)CC2)s1. The number of hydrogen-bond acceptors (Lipinski definition) is 8. The van der Waals surface area contributed by atoms with Crippen molar-refractivity contribution in [2.75, 3.05) is 18.5 Å². The monoisotopic (exact) mass is 563 g/mol. The third kappa shape index (κ3) is 7.52. The largest absolute Gasteiger partial charge is 0.448 e. The zero-order chi connectivity index (χ0) is 27.3. The second kappa shape index (κ2) is 12.1. The molecule has 4 rings (SSSR count). The van der Waals surface area contributed by atoms with Gasteiger partial charge in [-0.3, -0.25) is 10.1 Å². The van der Waals surface area contributed by atoms with Crippen LogP contribution >= 0.6 is 11.3 Å². The Hall–Kier alpha value is -2.54. The summed E-state index contributed by atoms with van der Waals surface area (Å²) < 4.78 is 35.0. The number of nitrogens with one attached hydrogen (secondary N) is 4. The van der Waals surface area contributed by atoms with E-state index in [1.54, 1.807) is 39.1 Å². The topological polar surface area (TPSA) is 139 Å². The molecule has 0 bridgehead atoms. The van der Waals surface area contributed by atoms with Gasteiger partial charge in [0.15, 0.2) is 0 Å². The molecule has 10 nitrogen and oxygen atoms in total. The van der Waals surface area contributed by atoms with Crippen LogP contribution in [0.2, 0.25) is 0 Å². The molecule has 2 amide bonds. The first-order chi connectivity index (χ1) is 18.0. The molecule has 1 atom stereocenters. The number of anilines is 1. The Morgan fingerprint density at radius 3 is 2.63 bits per heavy atom. The maximum atomic E-state index is 13.5. The van der Waals surface area contributed by atoms with Gasteiger partial charge in [0, 0.05) is 41.0 Å². The van der Waals surface area contributed by atoms with Gasteiger partial charge in [-0.25, -0.2) is 22.9 Å². The first-order valence-electron chi connectivity index (χ1n) is 13.0. The van der Waals surface area contributed by atoms with E-state index < -0.39 is 21.7 Å². The zero-order valence-electron chi connectivity index (χ0n) is 22.1. The van der Waals surface area contributed by atoms with Crippen LogP contribution in [0.1, 0.15) is 70.2 Å². The number of aromatic nitrogens is 1. The first-order valence-corrected chi connectivity index (χ1v) is 15.3. The molecule has 2 aromatic rings. The van der Waals surface area contributed by atoms with Crippen molar-refractivity contribution in [3.8, 4) is 10.4 Å². The second-order valence-corrected chi connectivity index (χ2v) is 13.7. The lowest BCUT2D eigenvalue weighted by molar-refractivity contribution is -0.110. The molecule has 1 saturated heterocycles. The van der Waals surface area contributed by atoms with Gasteiger partial charge in [0.25, 0.3) is 0 Å². The van der Waals surface area contributed by atoms with Gasteiger partial charge in [-0.1, -0.05) is 6.07 Å². The normalized spacial score (nSPS) is 22.1. The van der Waals surface area contributed by atoms with Crippen molar-refractivity contribution in [3.63, 3.8) is 0 Å². The van der Waals surface area contributed by atoms with Gasteiger partial charge >= 0.3 is 6.09 Å². The second-order valence-electron chi connectivity index (χ2n) is 11.0. The molecule has 38 heavy (non-hydrogen) atoms. The van der Waals surface area contributed by atoms with Crippen molar-refractivity contribution in [3.05, 3.63) is 29.4 Å². The number of nitrogens with zero attached hydrogens (tertiary/aromatic N) is 1. The van der Waals surface area contributed by atoms with Crippen LogP contribution in [0.4, 0.5) is 10.5 Å². The molecule has 2 aliphatic rings. The van der Waals surface area contributed by atoms with Crippen LogP contribution in [0.3, 0.4) is 0 Å². The standard InChI is InChI=1S/C26H37N5O5S2/c1-26(2,3)31-38(34,35)23-13-19(30-25(33)36-15-20-5-4-12-27-20)10-11-21(23)22-14-28-24(37-22)17-6-8-18(9-7-17)29-16-32/h10-11,13-14,16-18,20,27,31H,4-9,12,15H2,1-3H3,(H,29,32)(H,30,33)/t17-,18-,20?. The lowest BCUT2D eigenvalue weighted by Gasteiger charge is -2.26. The Balaban J connectivity index is 1.56. The third-order valence-corrected chi connectivity index (χ3v) is 9.70. The average Bonchev–Trinajstić information content (AvgIpc) is 3.55. The van der Waals surface area contributed by atoms with Crippen LogP contribution < -0.4 is 20.7 Å². The van der Waals surface area contributed by atoms with Gasteiger partial charge in [-0.2, -0.15) is 0 Å². The van der Waals surface area contributed by atoms with E-state index in [0.717, 1.165) is 61.4 Å². The molecule has 1 aliphatic carbocycles. The van der Waals surface area contributed by atoms with Crippen molar-refractivity contribution in [1.29, 1.82) is 0 Å². The van der Waals surface area contributed by atoms with E-state index in [1.807, 2.05) is 0 Å². The highest BCUT2D eigenvalue weighted by Crippen LogP contribution is 2.40. The minimum atomic E-state index is -3.92. The lowest BCUT2D eigenvalue weighted by Crippen LogP contribution is -2.40. The predicted molar refractivity (Wildman–Crippen MR) is 148 cm³/mol. The van der Waals surface area contributed by atoms with E-state index in [-0.39, 0.29) is 29.5 Å². The third-order valence-electron chi connectivity index (χ3n) is 6.71. The molecule has 2 fully saturated rings. The molecule has 4 N–H and O–H groups in total. The summed E-state index contributed by atoms with van der Waals surface area (Å²) in [7, 11) is -3.92. The number of carbonyl (C=O) groups is 2. The molecule has 2 heterocycles. The van der Waals surface area contributed by atoms with E-state index in [1.165, 1.54) is 17.4 Å². The molecule has 1 aromatic heterocycles. The van der Waals surface area contributed by atoms with Crippen LogP contribution in [0.25, 0.3) is 10.4 Å². The van der Waals surface area contributed by atoms with Gasteiger partial charge in [0.1, 0.15) is 6.61 Å². The van der Waals surface area contributed by atoms with Gasteiger partial charge in [0.2, 0.25) is 16.4 Å². The number of ether oxygens (including phenoxy) is 1. The highest BCUT2D eigenvalue weighted by atomic mass is 32.2. The molecular weight excluding hydrogens is 526 g/mol. The summed E-state index contributed by atoms with van der Waals surface area (Å²) in [6.45, 7) is 6.51. The van der Waals surface area contributed by atoms with Gasteiger partial charge in [0.05, 0.1) is 14.8 Å². The summed E-state index contributed by atoms with van der Waals surface area (Å²) in [6.07, 6.45) is 7.46. The summed E-state index contributed by atoms with van der Waals surface area (Å²) in [6, 6.07) is 5.19. The predicted octanol–water partition coefficient (Wildman–Crippen LogP) is 3.96. The van der Waals surface area contributed by atoms with Crippen molar-refractivity contribution in [1.82, 2.24) is 20.3 Å². The number of carbonyl (C=O) groups excluding carboxylic acids is 2. The highest BCUT2D eigenvalue weighted by molar-refractivity contribution is 7.89. The van der Waals surface area contributed by atoms with Crippen molar-refractivity contribution in [2.24, 2.45) is 0 Å². The minimum Gasteiger partial charge on any atom is -0.448 e. The van der Waals surface area contributed by atoms with Crippen LogP contribution in [-0.2, 0) is 19.6 Å². The maximum Gasteiger partial charge on any atom is 0.411 e. The fraction of sp³-hybridized carbons (Fsp3) is 0.577. The van der Waals surface area contributed by atoms with Crippen molar-refractivity contribution < 1.29 is 22.7 Å². The molecule has 208 valence electrons. The van der Waals surface area contributed by atoms with E-state index >= 15 is 0 Å². The zero-order valence-corrected chi connectivity index (χ0v) is 23.7. The number of benzene rings is 1. The molecule has 1 unspecified atom stereocenters. The summed E-state index contributed by atoms with van der Waals surface area (Å²) >= 11 is 1.49. The summed E-state index contributed by atoms with van der Waals surface area (Å²) in [4.78, 5) is 28.6. The number of sulfonamides is 1. The smallest absolute Gasteiger partial charge is 0.411 e. The van der Waals surface area contributed by atoms with E-state index in [4.69, 9.17) is 4.74 Å². The summed E-state index contributed by atoms with van der Waals surface area (Å²) in [5.74, 6) is 0.274. The van der Waals surface area contributed by atoms with E-state index in [2.05, 4.69) is 25.7 Å². The van der Waals surface area contributed by atoms with Crippen LogP contribution in [0.5, 0.6) is 0 Å². The quantitative estimate of drug-likeness (QED) is 0.339. The van der Waals surface area contributed by atoms with Crippen molar-refractivity contribution >= 4 is 39.6 Å². The fourth-order valence-electron chi connectivity index (χ4n) is 4.92. The number of rotatable bonds is 9. The molecular formula is C26H37N5O5S2. The van der Waals surface area contributed by atoms with E-state index in [9.17, 15) is 18.0 Å². The summed E-state index contributed by atoms with van der Waals surface area (Å²) in [5.41, 5.74) is 0.161. The van der Waals surface area contributed by atoms with Gasteiger partial charge in [-0.15, -0.1) is 11.3 Å². The Bertz CT molecular complexity index is 1230.